The average molecular weight is 162 g/mol. The third-order valence-corrected chi connectivity index (χ3v) is 1.18. The van der Waals surface area contributed by atoms with Crippen LogP contribution in [-0.4, -0.2) is 15.4 Å². The van der Waals surface area contributed by atoms with Gasteiger partial charge in [0.25, 0.3) is 0 Å². The molecule has 0 fully saturated rings. The zero-order valence-corrected chi connectivity index (χ0v) is 5.14. The van der Waals surface area contributed by atoms with Crippen molar-refractivity contribution in [3.63, 3.8) is 0 Å². The van der Waals surface area contributed by atoms with E-state index in [1.807, 2.05) is 0 Å². The van der Waals surface area contributed by atoms with Crippen LogP contribution >= 0.6 is 15.9 Å². The summed E-state index contributed by atoms with van der Waals surface area (Å²) in [4.78, 5) is 0. The molecular weight excluding hydrogens is 158 g/mol. The Morgan fingerprint density at radius 3 is 3.00 bits per heavy atom. The summed E-state index contributed by atoms with van der Waals surface area (Å²) in [6, 6.07) is 0. The summed E-state index contributed by atoms with van der Waals surface area (Å²) < 4.78 is 0. The van der Waals surface area contributed by atoms with E-state index < -0.39 is 0 Å². The second-order valence-corrected chi connectivity index (χ2v) is 1.66. The quantitative estimate of drug-likeness (QED) is 0.617. The maximum Gasteiger partial charge on any atom is 0.0929 e. The summed E-state index contributed by atoms with van der Waals surface area (Å²) >= 11 is 3.21. The molecule has 0 aliphatic rings. The normalized spacial score (nSPS) is 9.29. The molecule has 38 valence electrons. The van der Waals surface area contributed by atoms with Crippen LogP contribution in [0.4, 0.5) is 0 Å². The minimum atomic E-state index is 0.767. The van der Waals surface area contributed by atoms with Crippen molar-refractivity contribution in [1.82, 2.24) is 15.4 Å². The molecule has 1 aromatic rings. The molecule has 1 heterocycles. The number of hydrogen-bond donors (Lipinski definition) is 1. The van der Waals surface area contributed by atoms with Crippen LogP contribution < -0.4 is 0 Å². The number of hydrogen-bond acceptors (Lipinski definition) is 2. The van der Waals surface area contributed by atoms with Gasteiger partial charge in [0.05, 0.1) is 11.9 Å². The third kappa shape index (κ3) is 0.991. The predicted octanol–water partition coefficient (Wildman–Crippen LogP) is 0.700. The van der Waals surface area contributed by atoms with Crippen LogP contribution in [0.2, 0.25) is 0 Å². The smallest absolute Gasteiger partial charge is 0.0929 e. The van der Waals surface area contributed by atoms with Crippen molar-refractivity contribution in [3.8, 4) is 0 Å². The van der Waals surface area contributed by atoms with Gasteiger partial charge in [0.2, 0.25) is 0 Å². The van der Waals surface area contributed by atoms with Gasteiger partial charge in [0, 0.05) is 5.33 Å². The fourth-order valence-electron chi connectivity index (χ4n) is 0.290. The number of H-pyrrole nitrogens is 1. The molecule has 0 unspecified atom stereocenters. The fourth-order valence-corrected chi connectivity index (χ4v) is 0.560. The van der Waals surface area contributed by atoms with E-state index in [2.05, 4.69) is 31.3 Å². The number of nitrogens with one attached hydrogen (secondary N) is 1. The Bertz CT molecular complexity index is 125. The summed E-state index contributed by atoms with van der Waals surface area (Å²) in [6.45, 7) is 0. The summed E-state index contributed by atoms with van der Waals surface area (Å²) in [7, 11) is 0. The molecule has 0 bridgehead atoms. The largest absolute Gasteiger partial charge is 0.198 e. The molecular formula is C3H4BrN3. The molecule has 0 saturated carbocycles. The zero-order valence-electron chi connectivity index (χ0n) is 3.56. The van der Waals surface area contributed by atoms with Crippen LogP contribution in [0.3, 0.4) is 0 Å². The molecule has 7 heavy (non-hydrogen) atoms. The summed E-state index contributed by atoms with van der Waals surface area (Å²) in [5, 5.41) is 10.6. The first kappa shape index (κ1) is 4.77. The number of alkyl halides is 1. The number of aromatic nitrogens is 3. The Labute approximate surface area is 49.2 Å². The molecule has 1 aromatic heterocycles. The Kier molecular flexibility index (Phi) is 1.41. The monoisotopic (exact) mass is 161 g/mol. The summed E-state index contributed by atoms with van der Waals surface area (Å²) in [6.07, 6.45) is 1.68. The highest BCUT2D eigenvalue weighted by Crippen LogP contribution is 1.94. The lowest BCUT2D eigenvalue weighted by Crippen LogP contribution is -1.73. The minimum absolute atomic E-state index is 0.767. The molecule has 0 aromatic carbocycles. The maximum atomic E-state index is 3.75. The van der Waals surface area contributed by atoms with Crippen LogP contribution in [0, 0.1) is 0 Å². The Morgan fingerprint density at radius 1 is 1.86 bits per heavy atom. The van der Waals surface area contributed by atoms with E-state index in [1.165, 1.54) is 0 Å². The fraction of sp³-hybridized carbons (Fsp3) is 0.333. The van der Waals surface area contributed by atoms with Gasteiger partial charge in [-0.2, -0.15) is 15.4 Å². The number of halogens is 1. The Morgan fingerprint density at radius 2 is 2.71 bits per heavy atom. The van der Waals surface area contributed by atoms with Gasteiger partial charge < -0.3 is 0 Å². The van der Waals surface area contributed by atoms with E-state index in [0.29, 0.717) is 0 Å². The minimum Gasteiger partial charge on any atom is -0.198 e. The highest BCUT2D eigenvalue weighted by molar-refractivity contribution is 9.08. The average Bonchev–Trinajstić information content (AvgIpc) is 2.14. The second kappa shape index (κ2) is 2.07. The van der Waals surface area contributed by atoms with Crippen LogP contribution in [0.25, 0.3) is 0 Å². The van der Waals surface area contributed by atoms with Gasteiger partial charge in [-0.1, -0.05) is 15.9 Å². The van der Waals surface area contributed by atoms with Crippen molar-refractivity contribution in [1.29, 1.82) is 0 Å². The SMILES string of the molecule is BrCc1cn[nH]n1. The van der Waals surface area contributed by atoms with E-state index in [-0.39, 0.29) is 0 Å². The van der Waals surface area contributed by atoms with E-state index >= 15 is 0 Å². The highest BCUT2D eigenvalue weighted by Gasteiger charge is 1.86. The van der Waals surface area contributed by atoms with Crippen LogP contribution in [0.15, 0.2) is 6.20 Å². The molecule has 3 nitrogen and oxygen atoms in total. The van der Waals surface area contributed by atoms with Crippen molar-refractivity contribution in [3.05, 3.63) is 11.9 Å². The van der Waals surface area contributed by atoms with Crippen molar-refractivity contribution in [2.45, 2.75) is 5.33 Å². The number of nitrogens with zero attached hydrogens (tertiary/aromatic N) is 2. The van der Waals surface area contributed by atoms with E-state index in [0.717, 1.165) is 11.0 Å². The first-order valence-electron chi connectivity index (χ1n) is 1.84. The maximum absolute atomic E-state index is 3.75. The number of aromatic amines is 1. The lowest BCUT2D eigenvalue weighted by atomic mass is 10.6. The van der Waals surface area contributed by atoms with Crippen LogP contribution in [0.1, 0.15) is 5.69 Å². The number of rotatable bonds is 1. The Balaban J connectivity index is 2.76. The van der Waals surface area contributed by atoms with Crippen molar-refractivity contribution in [2.24, 2.45) is 0 Å². The van der Waals surface area contributed by atoms with Gasteiger partial charge in [-0.3, -0.25) is 0 Å². The van der Waals surface area contributed by atoms with E-state index in [9.17, 15) is 0 Å². The first-order valence-corrected chi connectivity index (χ1v) is 2.96. The molecule has 4 heteroatoms. The van der Waals surface area contributed by atoms with Gasteiger partial charge >= 0.3 is 0 Å². The lowest BCUT2D eigenvalue weighted by molar-refractivity contribution is 0.927. The molecule has 0 aliphatic heterocycles. The van der Waals surface area contributed by atoms with Crippen molar-refractivity contribution in [2.75, 3.05) is 0 Å². The third-order valence-electron chi connectivity index (χ3n) is 0.602. The topological polar surface area (TPSA) is 41.6 Å². The molecule has 0 aliphatic carbocycles. The van der Waals surface area contributed by atoms with Gasteiger partial charge in [0.1, 0.15) is 0 Å². The van der Waals surface area contributed by atoms with Gasteiger partial charge in [-0.25, -0.2) is 0 Å². The predicted molar refractivity (Wildman–Crippen MR) is 29.0 cm³/mol. The molecule has 0 spiro atoms. The van der Waals surface area contributed by atoms with Gasteiger partial charge in [-0.05, 0) is 0 Å². The molecule has 0 saturated heterocycles. The molecule has 0 radical (unpaired) electrons. The molecule has 0 amide bonds. The zero-order chi connectivity index (χ0) is 5.11. The van der Waals surface area contributed by atoms with Crippen LogP contribution in [-0.2, 0) is 5.33 Å². The molecule has 1 rings (SSSR count). The van der Waals surface area contributed by atoms with Crippen LogP contribution in [0.5, 0.6) is 0 Å². The second-order valence-electron chi connectivity index (χ2n) is 1.09. The first-order chi connectivity index (χ1) is 3.43. The standard InChI is InChI=1S/C3H4BrN3/c4-1-3-2-5-7-6-3/h2H,1H2,(H,5,6,7). The highest BCUT2D eigenvalue weighted by atomic mass is 79.9. The van der Waals surface area contributed by atoms with Crippen molar-refractivity contribution >= 4 is 15.9 Å². The lowest BCUT2D eigenvalue weighted by Gasteiger charge is -1.73. The van der Waals surface area contributed by atoms with Gasteiger partial charge in [0.15, 0.2) is 0 Å². The Hall–Kier alpha value is -0.380. The van der Waals surface area contributed by atoms with E-state index in [4.69, 9.17) is 0 Å². The molecule has 0 atom stereocenters. The summed E-state index contributed by atoms with van der Waals surface area (Å²) in [5.41, 5.74) is 0.931. The summed E-state index contributed by atoms with van der Waals surface area (Å²) in [5.74, 6) is 0. The van der Waals surface area contributed by atoms with E-state index in [1.54, 1.807) is 6.20 Å². The molecule has 1 N–H and O–H groups in total. The van der Waals surface area contributed by atoms with Gasteiger partial charge in [-0.15, -0.1) is 0 Å². The van der Waals surface area contributed by atoms with Crippen molar-refractivity contribution < 1.29 is 0 Å².